The summed E-state index contributed by atoms with van der Waals surface area (Å²) in [6.07, 6.45) is 7.80. The van der Waals surface area contributed by atoms with Gasteiger partial charge in [0.25, 0.3) is 0 Å². The van der Waals surface area contributed by atoms with Crippen LogP contribution in [0.4, 0.5) is 0 Å². The predicted octanol–water partition coefficient (Wildman–Crippen LogP) is 14.6. The zero-order valence-corrected chi connectivity index (χ0v) is 33.9. The van der Waals surface area contributed by atoms with Gasteiger partial charge in [0, 0.05) is 69.1 Å². The van der Waals surface area contributed by atoms with E-state index in [1.807, 2.05) is 30.0 Å². The first-order valence-electron chi connectivity index (χ1n) is 20.2. The van der Waals surface area contributed by atoms with Crippen molar-refractivity contribution in [3.63, 3.8) is 0 Å². The Hall–Kier alpha value is -6.99. The van der Waals surface area contributed by atoms with Gasteiger partial charge in [-0.15, -0.1) is 23.1 Å². The van der Waals surface area contributed by atoms with Gasteiger partial charge in [-0.05, 0) is 46.9 Å². The van der Waals surface area contributed by atoms with Crippen molar-refractivity contribution in [2.75, 3.05) is 0 Å². The summed E-state index contributed by atoms with van der Waals surface area (Å²) >= 11 is 3.73. The Balaban J connectivity index is 1.03. The lowest BCUT2D eigenvalue weighted by Gasteiger charge is -2.16. The van der Waals surface area contributed by atoms with Gasteiger partial charge in [0.1, 0.15) is 0 Å². The number of aromatic nitrogens is 4. The van der Waals surface area contributed by atoms with Gasteiger partial charge in [-0.2, -0.15) is 0 Å². The van der Waals surface area contributed by atoms with E-state index in [1.165, 1.54) is 52.7 Å². The molecule has 2 aliphatic rings. The molecule has 0 amide bonds. The topological polar surface area (TPSA) is 51.6 Å². The van der Waals surface area contributed by atoms with Crippen LogP contribution in [0.25, 0.3) is 104 Å². The van der Waals surface area contributed by atoms with Gasteiger partial charge in [0.05, 0.1) is 11.2 Å². The van der Waals surface area contributed by atoms with E-state index in [4.69, 9.17) is 19.9 Å². The molecular weight excluding hydrogens is 769 g/mol. The summed E-state index contributed by atoms with van der Waals surface area (Å²) in [6.45, 7) is 0. The van der Waals surface area contributed by atoms with Crippen molar-refractivity contribution in [2.24, 2.45) is 0 Å². The first kappa shape index (κ1) is 35.0. The highest BCUT2D eigenvalue weighted by atomic mass is 32.2. The number of para-hydroxylation sites is 1. The SMILES string of the molecule is C1=CCC2Sc3c(-c4cccc(-c5nc(-c6ccccc6)nc(-c6cccc7c6sc6ccccc67)n5)c4)nc4c(-c5ccc(-c6ccccc6)cc5)cccc4c3C2=C1. The summed E-state index contributed by atoms with van der Waals surface area (Å²) in [5.74, 6) is 1.93. The third kappa shape index (κ3) is 5.90. The number of allylic oxidation sites excluding steroid dienone is 3. The molecule has 1 unspecified atom stereocenters. The van der Waals surface area contributed by atoms with Crippen molar-refractivity contribution in [1.82, 2.24) is 19.9 Å². The van der Waals surface area contributed by atoms with Crippen LogP contribution in [0.15, 0.2) is 193 Å². The molecule has 4 heterocycles. The van der Waals surface area contributed by atoms with E-state index >= 15 is 0 Å². The quantitative estimate of drug-likeness (QED) is 0.168. The molecule has 0 saturated carbocycles. The van der Waals surface area contributed by atoms with Gasteiger partial charge in [0.15, 0.2) is 17.5 Å². The maximum absolute atomic E-state index is 5.63. The molecule has 3 aromatic heterocycles. The van der Waals surface area contributed by atoms with Crippen molar-refractivity contribution in [2.45, 2.75) is 16.6 Å². The highest BCUT2D eigenvalue weighted by molar-refractivity contribution is 8.01. The molecule has 10 aromatic rings. The second-order valence-electron chi connectivity index (χ2n) is 15.2. The lowest BCUT2D eigenvalue weighted by atomic mass is 9.90. The lowest BCUT2D eigenvalue weighted by Crippen LogP contribution is -2.01. The van der Waals surface area contributed by atoms with Crippen molar-refractivity contribution >= 4 is 59.7 Å². The Bertz CT molecular complexity index is 3370. The fraction of sp³-hybridized carbons (Fsp3) is 0.0370. The van der Waals surface area contributed by atoms with Crippen LogP contribution in [0.1, 0.15) is 12.0 Å². The summed E-state index contributed by atoms with van der Waals surface area (Å²) < 4.78 is 2.42. The number of hydrogen-bond donors (Lipinski definition) is 0. The minimum absolute atomic E-state index is 0.351. The molecule has 1 atom stereocenters. The molecule has 7 aromatic carbocycles. The van der Waals surface area contributed by atoms with Crippen molar-refractivity contribution in [3.8, 4) is 67.7 Å². The van der Waals surface area contributed by atoms with Crippen LogP contribution in [-0.2, 0) is 0 Å². The second kappa shape index (κ2) is 14.4. The van der Waals surface area contributed by atoms with Crippen LogP contribution in [-0.4, -0.2) is 25.2 Å². The van der Waals surface area contributed by atoms with Gasteiger partial charge in [-0.3, -0.25) is 0 Å². The largest absolute Gasteiger partial charge is 0.246 e. The van der Waals surface area contributed by atoms with Gasteiger partial charge in [-0.25, -0.2) is 19.9 Å². The lowest BCUT2D eigenvalue weighted by molar-refractivity contribution is 1.08. The zero-order valence-electron chi connectivity index (χ0n) is 32.3. The van der Waals surface area contributed by atoms with E-state index < -0.39 is 0 Å². The molecule has 282 valence electrons. The number of fused-ring (bicyclic) bond motifs is 8. The Kier molecular flexibility index (Phi) is 8.39. The highest BCUT2D eigenvalue weighted by Gasteiger charge is 2.33. The van der Waals surface area contributed by atoms with E-state index in [2.05, 4.69) is 170 Å². The summed E-state index contributed by atoms with van der Waals surface area (Å²) in [4.78, 5) is 22.4. The predicted molar refractivity (Wildman–Crippen MR) is 252 cm³/mol. The van der Waals surface area contributed by atoms with Crippen molar-refractivity contribution in [3.05, 3.63) is 194 Å². The highest BCUT2D eigenvalue weighted by Crippen LogP contribution is 2.54. The average Bonchev–Trinajstić information content (AvgIpc) is 3.91. The normalized spacial score (nSPS) is 14.4. The third-order valence-electron chi connectivity index (χ3n) is 11.6. The maximum atomic E-state index is 5.63. The molecule has 4 nitrogen and oxygen atoms in total. The number of pyridine rings is 1. The van der Waals surface area contributed by atoms with E-state index in [-0.39, 0.29) is 0 Å². The molecule has 0 saturated heterocycles. The number of rotatable bonds is 6. The Morgan fingerprint density at radius 1 is 0.467 bits per heavy atom. The molecule has 12 rings (SSSR count). The van der Waals surface area contributed by atoms with E-state index in [9.17, 15) is 0 Å². The van der Waals surface area contributed by atoms with Gasteiger partial charge >= 0.3 is 0 Å². The number of benzene rings is 7. The number of nitrogens with zero attached hydrogens (tertiary/aromatic N) is 4. The van der Waals surface area contributed by atoms with Crippen LogP contribution in [0.5, 0.6) is 0 Å². The van der Waals surface area contributed by atoms with E-state index in [1.54, 1.807) is 11.3 Å². The third-order valence-corrected chi connectivity index (χ3v) is 14.2. The van der Waals surface area contributed by atoms with Crippen LogP contribution in [0.2, 0.25) is 0 Å². The number of thioether (sulfide) groups is 1. The summed E-state index contributed by atoms with van der Waals surface area (Å²) in [7, 11) is 0. The van der Waals surface area contributed by atoms with Gasteiger partial charge < -0.3 is 0 Å². The van der Waals surface area contributed by atoms with Crippen LogP contribution >= 0.6 is 23.1 Å². The smallest absolute Gasteiger partial charge is 0.165 e. The van der Waals surface area contributed by atoms with Crippen LogP contribution < -0.4 is 0 Å². The summed E-state index contributed by atoms with van der Waals surface area (Å²) in [6, 6.07) is 60.0. The van der Waals surface area contributed by atoms with Crippen molar-refractivity contribution in [1.29, 1.82) is 0 Å². The molecule has 0 fully saturated rings. The fourth-order valence-corrected chi connectivity index (χ4v) is 11.4. The minimum atomic E-state index is 0.351. The van der Waals surface area contributed by atoms with Gasteiger partial charge in [-0.1, -0.05) is 170 Å². The molecule has 0 bridgehead atoms. The molecule has 0 N–H and O–H groups in total. The molecule has 0 radical (unpaired) electrons. The number of hydrogen-bond acceptors (Lipinski definition) is 6. The molecular formula is C54H34N4S2. The molecule has 0 spiro atoms. The van der Waals surface area contributed by atoms with E-state index in [0.29, 0.717) is 22.7 Å². The standard InChI is InChI=1S/C54H34N4S2/c1-3-14-33(15-4-1)34-28-30-35(31-29-34)39-22-12-24-43-47-42-21-8-10-27-46(42)60-51(47)48(55-49(39)43)37-18-11-19-38(32-37)53-56-52(36-16-5-2-6-17-36)57-54(58-53)44-25-13-23-41-40-20-7-9-26-45(40)59-50(41)44/h1-26,28-32,46H,27H2. The van der Waals surface area contributed by atoms with Crippen LogP contribution in [0.3, 0.4) is 0 Å². The monoisotopic (exact) mass is 802 g/mol. The molecule has 60 heavy (non-hydrogen) atoms. The Morgan fingerprint density at radius 2 is 1.08 bits per heavy atom. The molecule has 1 aliphatic carbocycles. The second-order valence-corrected chi connectivity index (χ2v) is 17.5. The average molecular weight is 803 g/mol. The minimum Gasteiger partial charge on any atom is -0.246 e. The van der Waals surface area contributed by atoms with E-state index in [0.717, 1.165) is 51.0 Å². The number of thiophene rings is 1. The summed E-state index contributed by atoms with van der Waals surface area (Å²) in [5.41, 5.74) is 13.2. The Labute approximate surface area is 355 Å². The van der Waals surface area contributed by atoms with Gasteiger partial charge in [0.2, 0.25) is 0 Å². The first-order valence-corrected chi connectivity index (χ1v) is 21.9. The zero-order chi connectivity index (χ0) is 39.6. The van der Waals surface area contributed by atoms with Crippen molar-refractivity contribution < 1.29 is 0 Å². The first-order chi connectivity index (χ1) is 29.7. The molecule has 1 aliphatic heterocycles. The summed E-state index contributed by atoms with van der Waals surface area (Å²) in [5, 5.41) is 4.00. The maximum Gasteiger partial charge on any atom is 0.165 e. The fourth-order valence-electron chi connectivity index (χ4n) is 8.75. The molecule has 6 heteroatoms. The van der Waals surface area contributed by atoms with Crippen LogP contribution in [0, 0.1) is 0 Å². The Morgan fingerprint density at radius 3 is 1.92 bits per heavy atom.